The molecule has 2 aromatic carbocycles. The highest BCUT2D eigenvalue weighted by molar-refractivity contribution is 6.01. The minimum atomic E-state index is -0.257. The van der Waals surface area contributed by atoms with Crippen molar-refractivity contribution < 1.29 is 18.9 Å². The Kier molecular flexibility index (Phi) is 4.44. The molecule has 1 atom stereocenters. The number of hydrogen-bond acceptors (Lipinski definition) is 2. The first-order valence-corrected chi connectivity index (χ1v) is 7.25. The lowest BCUT2D eigenvalue weighted by Gasteiger charge is -2.07. The van der Waals surface area contributed by atoms with Gasteiger partial charge in [0.2, 0.25) is 0 Å². The molecule has 2 aromatic rings. The quantitative estimate of drug-likeness (QED) is 0.904. The van der Waals surface area contributed by atoms with Gasteiger partial charge >= 0.3 is 0 Å². The Hall–Kier alpha value is -2.27. The van der Waals surface area contributed by atoms with E-state index in [0.29, 0.717) is 6.42 Å². The second kappa shape index (κ2) is 6.66. The Morgan fingerprint density at radius 1 is 1.00 bits per heavy atom. The van der Waals surface area contributed by atoms with Gasteiger partial charge in [-0.1, -0.05) is 29.4 Å². The highest BCUT2D eigenvalue weighted by atomic mass is 19.1. The van der Waals surface area contributed by atoms with E-state index < -0.39 is 0 Å². The normalized spacial score (nSPS) is 17.2. The molecule has 0 amide bonds. The molecule has 0 aromatic heterocycles. The van der Waals surface area contributed by atoms with Crippen molar-refractivity contribution in [3.05, 3.63) is 71.3 Å². The molecule has 1 heterocycles. The van der Waals surface area contributed by atoms with Gasteiger partial charge in [-0.15, -0.1) is 0 Å². The van der Waals surface area contributed by atoms with Crippen molar-refractivity contribution in [2.45, 2.75) is 19.1 Å². The zero-order valence-electron chi connectivity index (χ0n) is 12.0. The summed E-state index contributed by atoms with van der Waals surface area (Å²) in [6.45, 7) is 1.54. The van der Waals surface area contributed by atoms with Crippen LogP contribution in [0.5, 0.6) is 0 Å². The van der Waals surface area contributed by atoms with E-state index >= 15 is 0 Å². The molecule has 0 radical (unpaired) electrons. The molecule has 0 unspecified atom stereocenters. The van der Waals surface area contributed by atoms with Gasteiger partial charge in [0.25, 0.3) is 0 Å². The minimum Gasteiger partial charge on any atom is -0.386 e. The summed E-state index contributed by atoms with van der Waals surface area (Å²) < 4.78 is 25.7. The SMILES string of the molecule is Fc1ccc(C[NH2+]C[C@H]2CC(c3ccc(F)cc3)=NO2)cc1. The number of nitrogens with zero attached hydrogens (tertiary/aromatic N) is 1. The maximum atomic E-state index is 12.9. The summed E-state index contributed by atoms with van der Waals surface area (Å²) >= 11 is 0. The fourth-order valence-corrected chi connectivity index (χ4v) is 2.42. The van der Waals surface area contributed by atoms with Crippen molar-refractivity contribution in [2.24, 2.45) is 5.16 Å². The van der Waals surface area contributed by atoms with Gasteiger partial charge in [0, 0.05) is 12.0 Å². The Morgan fingerprint density at radius 3 is 2.32 bits per heavy atom. The predicted molar refractivity (Wildman–Crippen MR) is 79.3 cm³/mol. The average molecular weight is 303 g/mol. The molecule has 22 heavy (non-hydrogen) atoms. The number of quaternary nitrogens is 1. The van der Waals surface area contributed by atoms with Gasteiger partial charge in [0.15, 0.2) is 6.10 Å². The smallest absolute Gasteiger partial charge is 0.181 e. The lowest BCUT2D eigenvalue weighted by molar-refractivity contribution is -0.676. The predicted octanol–water partition coefficient (Wildman–Crippen LogP) is 2.22. The number of nitrogens with two attached hydrogens (primary N) is 1. The zero-order valence-corrected chi connectivity index (χ0v) is 12.0. The molecule has 0 fully saturated rings. The van der Waals surface area contributed by atoms with Gasteiger partial charge < -0.3 is 10.2 Å². The van der Waals surface area contributed by atoms with Crippen LogP contribution in [0.25, 0.3) is 0 Å². The van der Waals surface area contributed by atoms with Crippen LogP contribution in [0.1, 0.15) is 17.5 Å². The molecular formula is C17H17F2N2O+. The van der Waals surface area contributed by atoms with E-state index in [2.05, 4.69) is 10.5 Å². The van der Waals surface area contributed by atoms with Crippen molar-refractivity contribution >= 4 is 5.71 Å². The lowest BCUT2D eigenvalue weighted by atomic mass is 10.1. The highest BCUT2D eigenvalue weighted by Gasteiger charge is 2.23. The Morgan fingerprint density at radius 2 is 1.64 bits per heavy atom. The molecule has 1 aliphatic heterocycles. The number of hydrogen-bond donors (Lipinski definition) is 1. The third kappa shape index (κ3) is 3.68. The third-order valence-electron chi connectivity index (χ3n) is 3.63. The second-order valence-corrected chi connectivity index (χ2v) is 5.33. The van der Waals surface area contributed by atoms with Crippen LogP contribution in [0.4, 0.5) is 8.78 Å². The lowest BCUT2D eigenvalue weighted by Crippen LogP contribution is -2.84. The van der Waals surface area contributed by atoms with E-state index in [1.54, 1.807) is 24.3 Å². The van der Waals surface area contributed by atoms with Gasteiger partial charge in [0.05, 0.1) is 5.71 Å². The first-order valence-electron chi connectivity index (χ1n) is 7.25. The number of halogens is 2. The van der Waals surface area contributed by atoms with Crippen LogP contribution in [-0.4, -0.2) is 18.4 Å². The van der Waals surface area contributed by atoms with Crippen LogP contribution >= 0.6 is 0 Å². The molecule has 5 heteroatoms. The van der Waals surface area contributed by atoms with Crippen LogP contribution < -0.4 is 5.32 Å². The van der Waals surface area contributed by atoms with Crippen molar-refractivity contribution in [3.8, 4) is 0 Å². The van der Waals surface area contributed by atoms with Gasteiger partial charge in [0.1, 0.15) is 24.7 Å². The summed E-state index contributed by atoms with van der Waals surface area (Å²) in [5.41, 5.74) is 2.81. The summed E-state index contributed by atoms with van der Waals surface area (Å²) in [6, 6.07) is 12.8. The molecule has 0 aliphatic carbocycles. The summed E-state index contributed by atoms with van der Waals surface area (Å²) in [6.07, 6.45) is 0.728. The van der Waals surface area contributed by atoms with E-state index in [4.69, 9.17) is 4.84 Å². The molecule has 0 spiro atoms. The van der Waals surface area contributed by atoms with E-state index in [1.165, 1.54) is 24.3 Å². The summed E-state index contributed by atoms with van der Waals surface area (Å²) in [5, 5.41) is 6.19. The van der Waals surface area contributed by atoms with Crippen molar-refractivity contribution in [2.75, 3.05) is 6.54 Å². The summed E-state index contributed by atoms with van der Waals surface area (Å²) in [5.74, 6) is -0.479. The Balaban J connectivity index is 1.46. The largest absolute Gasteiger partial charge is 0.386 e. The fourth-order valence-electron chi connectivity index (χ4n) is 2.42. The molecule has 0 saturated heterocycles. The van der Waals surface area contributed by atoms with Crippen molar-refractivity contribution in [1.29, 1.82) is 0 Å². The monoisotopic (exact) mass is 303 g/mol. The van der Waals surface area contributed by atoms with Crippen molar-refractivity contribution in [3.63, 3.8) is 0 Å². The van der Waals surface area contributed by atoms with Crippen LogP contribution in [-0.2, 0) is 11.4 Å². The second-order valence-electron chi connectivity index (χ2n) is 5.33. The van der Waals surface area contributed by atoms with Gasteiger partial charge in [-0.05, 0) is 29.8 Å². The van der Waals surface area contributed by atoms with E-state index in [9.17, 15) is 8.78 Å². The van der Waals surface area contributed by atoms with Crippen LogP contribution in [0.2, 0.25) is 0 Å². The summed E-state index contributed by atoms with van der Waals surface area (Å²) in [4.78, 5) is 5.41. The third-order valence-corrected chi connectivity index (χ3v) is 3.63. The van der Waals surface area contributed by atoms with Crippen LogP contribution in [0, 0.1) is 11.6 Å². The highest BCUT2D eigenvalue weighted by Crippen LogP contribution is 2.16. The zero-order chi connectivity index (χ0) is 15.4. The van der Waals surface area contributed by atoms with E-state index in [1.807, 2.05) is 0 Å². The van der Waals surface area contributed by atoms with Crippen molar-refractivity contribution in [1.82, 2.24) is 0 Å². The van der Waals surface area contributed by atoms with Gasteiger partial charge in [-0.3, -0.25) is 0 Å². The molecule has 3 rings (SSSR count). The molecule has 1 aliphatic rings. The first-order chi connectivity index (χ1) is 10.7. The Labute approximate surface area is 127 Å². The molecule has 2 N–H and O–H groups in total. The van der Waals surface area contributed by atoms with Crippen LogP contribution in [0.15, 0.2) is 53.7 Å². The number of benzene rings is 2. The molecule has 114 valence electrons. The van der Waals surface area contributed by atoms with Gasteiger partial charge in [-0.25, -0.2) is 8.78 Å². The maximum Gasteiger partial charge on any atom is 0.181 e. The number of oxime groups is 1. The molecule has 0 bridgehead atoms. The topological polar surface area (TPSA) is 38.2 Å². The maximum absolute atomic E-state index is 12.9. The Bertz CT molecular complexity index is 653. The van der Waals surface area contributed by atoms with Crippen LogP contribution in [0.3, 0.4) is 0 Å². The summed E-state index contributed by atoms with van der Waals surface area (Å²) in [7, 11) is 0. The first kappa shape index (κ1) is 14.7. The molecular weight excluding hydrogens is 286 g/mol. The molecule has 3 nitrogen and oxygen atoms in total. The van der Waals surface area contributed by atoms with Gasteiger partial charge in [-0.2, -0.15) is 0 Å². The standard InChI is InChI=1S/C17H16F2N2O/c18-14-5-1-12(2-6-14)10-20-11-16-9-17(21-22-16)13-3-7-15(19)8-4-13/h1-8,16,20H,9-11H2/p+1/t16-/m1/s1. The van der Waals surface area contributed by atoms with E-state index in [-0.39, 0.29) is 17.7 Å². The van der Waals surface area contributed by atoms with E-state index in [0.717, 1.165) is 29.9 Å². The molecule has 0 saturated carbocycles. The minimum absolute atomic E-state index is 0.0144. The average Bonchev–Trinajstić information content (AvgIpc) is 2.99. The fraction of sp³-hybridized carbons (Fsp3) is 0.235. The number of rotatable bonds is 5.